The van der Waals surface area contributed by atoms with E-state index >= 15 is 0 Å². The molecule has 4 aromatic rings. The van der Waals surface area contributed by atoms with Crippen molar-refractivity contribution >= 4 is 60.5 Å². The van der Waals surface area contributed by atoms with Gasteiger partial charge in [-0.05, 0) is 44.3 Å². The van der Waals surface area contributed by atoms with Crippen LogP contribution < -0.4 is 9.44 Å². The number of likely N-dealkylation sites (N-methyl/N-ethyl adjacent to an activating group) is 1. The Morgan fingerprint density at radius 1 is 1.32 bits per heavy atom. The van der Waals surface area contributed by atoms with Crippen molar-refractivity contribution in [3.8, 4) is 0 Å². The Hall–Kier alpha value is -2.27. The van der Waals surface area contributed by atoms with E-state index < -0.39 is 10.2 Å². The van der Waals surface area contributed by atoms with E-state index in [1.807, 2.05) is 32.4 Å². The molecule has 0 aliphatic rings. The molecule has 0 bridgehead atoms. The van der Waals surface area contributed by atoms with Crippen LogP contribution in [0.3, 0.4) is 0 Å². The minimum absolute atomic E-state index is 0.101. The van der Waals surface area contributed by atoms with Crippen LogP contribution in [0.25, 0.3) is 15.9 Å². The summed E-state index contributed by atoms with van der Waals surface area (Å²) in [6.07, 6.45) is 4.53. The van der Waals surface area contributed by atoms with Gasteiger partial charge in [-0.15, -0.1) is 11.3 Å². The maximum absolute atomic E-state index is 12.6. The molecule has 11 heteroatoms. The van der Waals surface area contributed by atoms with E-state index in [1.54, 1.807) is 22.0 Å². The van der Waals surface area contributed by atoms with Crippen LogP contribution in [0.15, 0.2) is 36.0 Å². The first-order valence-corrected chi connectivity index (χ1v) is 11.2. The second kappa shape index (κ2) is 7.28. The van der Waals surface area contributed by atoms with E-state index in [2.05, 4.69) is 24.3 Å². The second-order valence-corrected chi connectivity index (χ2v) is 9.29. The van der Waals surface area contributed by atoms with Gasteiger partial charge < -0.3 is 9.88 Å². The minimum atomic E-state index is -3.90. The zero-order valence-electron chi connectivity index (χ0n) is 15.2. The van der Waals surface area contributed by atoms with Crippen molar-refractivity contribution in [1.82, 2.24) is 19.3 Å². The van der Waals surface area contributed by atoms with Crippen molar-refractivity contribution in [1.29, 1.82) is 0 Å². The van der Waals surface area contributed by atoms with E-state index in [4.69, 9.17) is 11.6 Å². The number of benzene rings is 1. The molecule has 0 radical (unpaired) electrons. The number of nitrogens with one attached hydrogen (secondary N) is 3. The fraction of sp³-hybridized carbons (Fsp3) is 0.235. The third kappa shape index (κ3) is 3.81. The predicted octanol–water partition coefficient (Wildman–Crippen LogP) is 3.40. The van der Waals surface area contributed by atoms with Gasteiger partial charge >= 0.3 is 10.2 Å². The van der Waals surface area contributed by atoms with Crippen LogP contribution in [0.4, 0.5) is 11.5 Å². The zero-order chi connectivity index (χ0) is 19.9. The quantitative estimate of drug-likeness (QED) is 0.412. The topological polar surface area (TPSA) is 94.5 Å². The zero-order valence-corrected chi connectivity index (χ0v) is 17.6. The first-order chi connectivity index (χ1) is 13.3. The summed E-state index contributed by atoms with van der Waals surface area (Å²) in [6.45, 7) is 0.904. The van der Waals surface area contributed by atoms with Crippen molar-refractivity contribution in [2.24, 2.45) is 0 Å². The molecular formula is C17H19ClN6O2S2. The molecule has 0 atom stereocenters. The lowest BCUT2D eigenvalue weighted by molar-refractivity contribution is 0.414. The molecule has 0 fully saturated rings. The first kappa shape index (κ1) is 19.1. The van der Waals surface area contributed by atoms with E-state index in [0.717, 1.165) is 29.4 Å². The molecule has 8 nitrogen and oxygen atoms in total. The van der Waals surface area contributed by atoms with Gasteiger partial charge in [0, 0.05) is 35.2 Å². The molecule has 1 aromatic carbocycles. The Kier molecular flexibility index (Phi) is 4.96. The van der Waals surface area contributed by atoms with Gasteiger partial charge in [-0.3, -0.25) is 9.12 Å². The minimum Gasteiger partial charge on any atom is -0.361 e. The number of nitrogens with zero attached hydrogens (tertiary/aromatic N) is 3. The molecule has 4 rings (SSSR count). The molecule has 0 amide bonds. The molecule has 0 aliphatic carbocycles. The molecule has 148 valence electrons. The Balaban J connectivity index is 1.58. The smallest absolute Gasteiger partial charge is 0.322 e. The standard InChI is InChI=1S/C17H19ClN6O2S2/c1-23(2)6-5-11-10-19-14-4-3-12(9-13(11)14)21-28(25,26)22-16-15(18)20-17-24(16)7-8-27-17/h3-4,7-10,19,21-22H,5-6H2,1-2H3. The van der Waals surface area contributed by atoms with Crippen molar-refractivity contribution in [3.63, 3.8) is 0 Å². The number of fused-ring (bicyclic) bond motifs is 2. The Bertz CT molecular complexity index is 1240. The van der Waals surface area contributed by atoms with Gasteiger partial charge in [-0.2, -0.15) is 8.42 Å². The van der Waals surface area contributed by atoms with Crippen LogP contribution in [-0.4, -0.2) is 48.3 Å². The molecule has 0 spiro atoms. The summed E-state index contributed by atoms with van der Waals surface area (Å²) in [4.78, 5) is 10.1. The second-order valence-electron chi connectivity index (χ2n) is 6.64. The van der Waals surface area contributed by atoms with Crippen molar-refractivity contribution in [2.45, 2.75) is 6.42 Å². The molecular weight excluding hydrogens is 420 g/mol. The summed E-state index contributed by atoms with van der Waals surface area (Å²) >= 11 is 7.44. The number of hydrogen-bond acceptors (Lipinski definition) is 5. The number of hydrogen-bond donors (Lipinski definition) is 3. The van der Waals surface area contributed by atoms with Crippen molar-refractivity contribution in [3.05, 3.63) is 46.7 Å². The summed E-state index contributed by atoms with van der Waals surface area (Å²) in [5, 5.41) is 2.90. The van der Waals surface area contributed by atoms with Gasteiger partial charge in [0.1, 0.15) is 0 Å². The lowest BCUT2D eigenvalue weighted by atomic mass is 10.1. The van der Waals surface area contributed by atoms with E-state index in [-0.39, 0.29) is 11.0 Å². The fourth-order valence-electron chi connectivity index (χ4n) is 2.95. The maximum Gasteiger partial charge on any atom is 0.322 e. The fourth-order valence-corrected chi connectivity index (χ4v) is 4.93. The summed E-state index contributed by atoms with van der Waals surface area (Å²) in [7, 11) is 0.141. The monoisotopic (exact) mass is 438 g/mol. The summed E-state index contributed by atoms with van der Waals surface area (Å²) in [6, 6.07) is 5.40. The number of thiazole rings is 1. The van der Waals surface area contributed by atoms with Crippen molar-refractivity contribution < 1.29 is 8.42 Å². The number of H-pyrrole nitrogens is 1. The number of aromatic amines is 1. The SMILES string of the molecule is CN(C)CCc1c[nH]c2ccc(NS(=O)(=O)Nc3c(Cl)nc4sccn34)cc12. The number of imidazole rings is 1. The Labute approximate surface area is 171 Å². The molecule has 0 aliphatic heterocycles. The van der Waals surface area contributed by atoms with Gasteiger partial charge in [-0.1, -0.05) is 11.6 Å². The highest BCUT2D eigenvalue weighted by Gasteiger charge is 2.18. The molecule has 0 saturated carbocycles. The van der Waals surface area contributed by atoms with E-state index in [9.17, 15) is 8.42 Å². The largest absolute Gasteiger partial charge is 0.361 e. The molecule has 0 saturated heterocycles. The molecule has 3 N–H and O–H groups in total. The average molecular weight is 439 g/mol. The van der Waals surface area contributed by atoms with Crippen LogP contribution in [-0.2, 0) is 16.6 Å². The van der Waals surface area contributed by atoms with Crippen LogP contribution in [0.5, 0.6) is 0 Å². The van der Waals surface area contributed by atoms with Gasteiger partial charge in [0.2, 0.25) is 0 Å². The molecule has 28 heavy (non-hydrogen) atoms. The van der Waals surface area contributed by atoms with Gasteiger partial charge in [0.05, 0.1) is 5.69 Å². The third-order valence-electron chi connectivity index (χ3n) is 4.30. The average Bonchev–Trinajstić information content (AvgIpc) is 3.29. The van der Waals surface area contributed by atoms with Crippen LogP contribution in [0.1, 0.15) is 5.56 Å². The first-order valence-electron chi connectivity index (χ1n) is 8.49. The molecule has 3 heterocycles. The summed E-state index contributed by atoms with van der Waals surface area (Å²) in [5.74, 6) is 0.208. The number of halogens is 1. The summed E-state index contributed by atoms with van der Waals surface area (Å²) in [5.41, 5.74) is 2.56. The number of anilines is 2. The highest BCUT2D eigenvalue weighted by atomic mass is 35.5. The van der Waals surface area contributed by atoms with Crippen LogP contribution in [0, 0.1) is 0 Å². The lowest BCUT2D eigenvalue weighted by Crippen LogP contribution is -2.22. The van der Waals surface area contributed by atoms with E-state index in [0.29, 0.717) is 10.6 Å². The van der Waals surface area contributed by atoms with Gasteiger partial charge in [0.15, 0.2) is 15.9 Å². The highest BCUT2D eigenvalue weighted by Crippen LogP contribution is 2.28. The predicted molar refractivity (Wildman–Crippen MR) is 115 cm³/mol. The third-order valence-corrected chi connectivity index (χ3v) is 6.29. The van der Waals surface area contributed by atoms with E-state index in [1.165, 1.54) is 11.3 Å². The molecule has 3 aromatic heterocycles. The number of rotatable bonds is 7. The number of aromatic nitrogens is 3. The van der Waals surface area contributed by atoms with Crippen LogP contribution >= 0.6 is 22.9 Å². The molecule has 0 unspecified atom stereocenters. The summed E-state index contributed by atoms with van der Waals surface area (Å²) < 4.78 is 31.9. The van der Waals surface area contributed by atoms with Gasteiger partial charge in [0.25, 0.3) is 0 Å². The van der Waals surface area contributed by atoms with Crippen LogP contribution in [0.2, 0.25) is 5.15 Å². The normalized spacial score (nSPS) is 12.3. The Morgan fingerprint density at radius 3 is 2.93 bits per heavy atom. The lowest BCUT2D eigenvalue weighted by Gasteiger charge is -2.11. The maximum atomic E-state index is 12.6. The highest BCUT2D eigenvalue weighted by molar-refractivity contribution is 7.94. The van der Waals surface area contributed by atoms with Crippen molar-refractivity contribution in [2.75, 3.05) is 30.1 Å². The Morgan fingerprint density at radius 2 is 2.14 bits per heavy atom. The van der Waals surface area contributed by atoms with Gasteiger partial charge in [-0.25, -0.2) is 9.71 Å².